The number of aromatic hydroxyl groups is 1. The van der Waals surface area contributed by atoms with E-state index < -0.39 is 48.0 Å². The molecule has 0 saturated carbocycles. The molecule has 2 unspecified atom stereocenters. The van der Waals surface area contributed by atoms with Crippen LogP contribution in [0.15, 0.2) is 47.4 Å². The quantitative estimate of drug-likeness (QED) is 0.520. The zero-order valence-electron chi connectivity index (χ0n) is 17.7. The lowest BCUT2D eigenvalue weighted by Gasteiger charge is -2.24. The molecule has 170 valence electrons. The number of hydrogen-bond donors (Lipinski definition) is 1. The van der Waals surface area contributed by atoms with E-state index in [-0.39, 0.29) is 17.9 Å². The summed E-state index contributed by atoms with van der Waals surface area (Å²) in [5, 5.41) is 10.3. The van der Waals surface area contributed by atoms with Crippen molar-refractivity contribution in [3.05, 3.63) is 52.9 Å². The largest absolute Gasteiger partial charge is 0.507 e. The van der Waals surface area contributed by atoms with Crippen molar-refractivity contribution in [3.8, 4) is 16.9 Å². The highest BCUT2D eigenvalue weighted by Crippen LogP contribution is 2.35. The van der Waals surface area contributed by atoms with Crippen LogP contribution in [0.25, 0.3) is 11.1 Å². The van der Waals surface area contributed by atoms with E-state index in [9.17, 15) is 24.3 Å². The van der Waals surface area contributed by atoms with E-state index in [0.29, 0.717) is 5.56 Å². The van der Waals surface area contributed by atoms with Crippen molar-refractivity contribution in [2.24, 2.45) is 0 Å². The van der Waals surface area contributed by atoms with Crippen molar-refractivity contribution in [1.29, 1.82) is 0 Å². The van der Waals surface area contributed by atoms with Gasteiger partial charge in [-0.3, -0.25) is 23.7 Å². The molecule has 1 N–H and O–H groups in total. The molecule has 2 aromatic rings. The smallest absolute Gasteiger partial charge is 0.303 e. The molecule has 3 rings (SSSR count). The predicted molar refractivity (Wildman–Crippen MR) is 109 cm³/mol. The minimum atomic E-state index is -1.21. The molecule has 10 nitrogen and oxygen atoms in total. The van der Waals surface area contributed by atoms with Crippen molar-refractivity contribution in [1.82, 2.24) is 4.57 Å². The molecular formula is C22H23NO9. The van der Waals surface area contributed by atoms with Crippen LogP contribution in [0.1, 0.15) is 27.0 Å². The molecule has 0 amide bonds. The van der Waals surface area contributed by atoms with E-state index in [1.165, 1.54) is 26.1 Å². The van der Waals surface area contributed by atoms with Crippen LogP contribution >= 0.6 is 0 Å². The average molecular weight is 445 g/mol. The Morgan fingerprint density at radius 3 is 2.19 bits per heavy atom. The number of pyridine rings is 1. The maximum absolute atomic E-state index is 13.3. The van der Waals surface area contributed by atoms with Gasteiger partial charge in [-0.15, -0.1) is 0 Å². The lowest BCUT2D eigenvalue weighted by atomic mass is 10.1. The molecule has 32 heavy (non-hydrogen) atoms. The van der Waals surface area contributed by atoms with Crippen LogP contribution in [-0.2, 0) is 33.3 Å². The average Bonchev–Trinajstić information content (AvgIpc) is 3.03. The number of hydrogen-bond acceptors (Lipinski definition) is 9. The van der Waals surface area contributed by atoms with Crippen LogP contribution < -0.4 is 5.56 Å². The Kier molecular flexibility index (Phi) is 6.94. The molecular weight excluding hydrogens is 422 g/mol. The fourth-order valence-electron chi connectivity index (χ4n) is 3.53. The fraction of sp³-hybridized carbons (Fsp3) is 0.364. The van der Waals surface area contributed by atoms with E-state index >= 15 is 0 Å². The minimum Gasteiger partial charge on any atom is -0.507 e. The normalized spacial score (nSPS) is 22.2. The van der Waals surface area contributed by atoms with Gasteiger partial charge in [0.2, 0.25) is 0 Å². The first-order valence-electron chi connectivity index (χ1n) is 9.81. The summed E-state index contributed by atoms with van der Waals surface area (Å²) in [5.74, 6) is -2.19. The van der Waals surface area contributed by atoms with Gasteiger partial charge in [-0.25, -0.2) is 0 Å². The molecule has 4 atom stereocenters. The van der Waals surface area contributed by atoms with E-state index in [1.54, 1.807) is 30.3 Å². The Labute approximate surface area is 183 Å². The van der Waals surface area contributed by atoms with E-state index in [1.807, 2.05) is 0 Å². The second-order valence-corrected chi connectivity index (χ2v) is 7.17. The molecule has 1 saturated heterocycles. The van der Waals surface area contributed by atoms with E-state index in [0.717, 1.165) is 11.5 Å². The Hall–Kier alpha value is -3.66. The topological polar surface area (TPSA) is 130 Å². The maximum atomic E-state index is 13.3. The number of ether oxygens (including phenoxy) is 4. The Balaban J connectivity index is 2.07. The summed E-state index contributed by atoms with van der Waals surface area (Å²) < 4.78 is 22.7. The van der Waals surface area contributed by atoms with Gasteiger partial charge in [0.1, 0.15) is 18.5 Å². The number of aromatic nitrogens is 1. The highest BCUT2D eigenvalue weighted by atomic mass is 16.7. The van der Waals surface area contributed by atoms with Crippen molar-refractivity contribution >= 4 is 17.9 Å². The summed E-state index contributed by atoms with van der Waals surface area (Å²) in [6, 6.07) is 9.81. The summed E-state index contributed by atoms with van der Waals surface area (Å²) in [4.78, 5) is 48.0. The first kappa shape index (κ1) is 23.0. The van der Waals surface area contributed by atoms with Gasteiger partial charge in [-0.05, 0) is 11.6 Å². The third kappa shape index (κ3) is 4.97. The molecule has 2 heterocycles. The summed E-state index contributed by atoms with van der Waals surface area (Å²) in [5.41, 5.74) is -0.127. The van der Waals surface area contributed by atoms with Crippen LogP contribution in [0.3, 0.4) is 0 Å². The molecule has 0 radical (unpaired) electrons. The SMILES string of the molecule is CC(=O)OC[C@H]1O[C@@H](n2ccc(O)c(-c3ccccc3)c2=O)C(OC(C)=O)C1OC(C)=O. The van der Waals surface area contributed by atoms with Gasteiger partial charge in [0.15, 0.2) is 18.4 Å². The highest BCUT2D eigenvalue weighted by Gasteiger charge is 2.51. The third-order valence-electron chi connectivity index (χ3n) is 4.77. The van der Waals surface area contributed by atoms with Crippen LogP contribution in [-0.4, -0.2) is 52.5 Å². The molecule has 1 fully saturated rings. The molecule has 0 bridgehead atoms. The summed E-state index contributed by atoms with van der Waals surface area (Å²) in [6.45, 7) is 3.24. The zero-order chi connectivity index (χ0) is 23.4. The highest BCUT2D eigenvalue weighted by molar-refractivity contribution is 5.69. The monoisotopic (exact) mass is 445 g/mol. The summed E-state index contributed by atoms with van der Waals surface area (Å²) in [7, 11) is 0. The predicted octanol–water partition coefficient (Wildman–Crippen LogP) is 1.54. The first-order valence-corrected chi connectivity index (χ1v) is 9.81. The second-order valence-electron chi connectivity index (χ2n) is 7.17. The molecule has 10 heteroatoms. The van der Waals surface area contributed by atoms with Gasteiger partial charge in [0.05, 0.1) is 5.56 Å². The molecule has 0 spiro atoms. The first-order chi connectivity index (χ1) is 15.2. The van der Waals surface area contributed by atoms with E-state index in [2.05, 4.69) is 0 Å². The molecule has 1 aromatic carbocycles. The van der Waals surface area contributed by atoms with Crippen LogP contribution in [0.2, 0.25) is 0 Å². The lowest BCUT2D eigenvalue weighted by Crippen LogP contribution is -2.41. The number of carbonyl (C=O) groups is 3. The zero-order valence-corrected chi connectivity index (χ0v) is 17.7. The Morgan fingerprint density at radius 1 is 0.969 bits per heavy atom. The van der Waals surface area contributed by atoms with Crippen molar-refractivity contribution < 1.29 is 38.4 Å². The van der Waals surface area contributed by atoms with Crippen molar-refractivity contribution in [2.75, 3.05) is 6.61 Å². The fourth-order valence-corrected chi connectivity index (χ4v) is 3.53. The van der Waals surface area contributed by atoms with Gasteiger partial charge in [0.25, 0.3) is 5.56 Å². The van der Waals surface area contributed by atoms with E-state index in [4.69, 9.17) is 18.9 Å². The molecule has 1 aromatic heterocycles. The van der Waals surface area contributed by atoms with Crippen molar-refractivity contribution in [2.45, 2.75) is 45.3 Å². The molecule has 0 aliphatic carbocycles. The Bertz CT molecular complexity index is 1060. The number of carbonyl (C=O) groups excluding carboxylic acids is 3. The Morgan fingerprint density at radius 2 is 1.59 bits per heavy atom. The lowest BCUT2D eigenvalue weighted by molar-refractivity contribution is -0.166. The van der Waals surface area contributed by atoms with Crippen LogP contribution in [0.5, 0.6) is 5.75 Å². The minimum absolute atomic E-state index is 0.0192. The van der Waals surface area contributed by atoms with Gasteiger partial charge in [0, 0.05) is 27.0 Å². The summed E-state index contributed by atoms with van der Waals surface area (Å²) in [6.07, 6.45) is -3.27. The third-order valence-corrected chi connectivity index (χ3v) is 4.77. The van der Waals surface area contributed by atoms with Gasteiger partial charge in [-0.1, -0.05) is 30.3 Å². The second kappa shape index (κ2) is 9.65. The number of benzene rings is 1. The van der Waals surface area contributed by atoms with Gasteiger partial charge < -0.3 is 24.1 Å². The molecule has 1 aliphatic heterocycles. The maximum Gasteiger partial charge on any atom is 0.303 e. The molecule has 1 aliphatic rings. The standard InChI is InChI=1S/C22H23NO9/c1-12(24)29-11-17-19(30-13(2)25)20(31-14(3)26)22(32-17)23-10-9-16(27)18(21(23)28)15-7-5-4-6-8-15/h4-10,17,19-20,22,27H,11H2,1-3H3/t17-,19?,20?,22-/m1/s1. The number of rotatable bonds is 6. The van der Waals surface area contributed by atoms with Crippen LogP contribution in [0.4, 0.5) is 0 Å². The number of esters is 3. The van der Waals surface area contributed by atoms with Gasteiger partial charge >= 0.3 is 17.9 Å². The van der Waals surface area contributed by atoms with Gasteiger partial charge in [-0.2, -0.15) is 0 Å². The summed E-state index contributed by atoms with van der Waals surface area (Å²) >= 11 is 0. The van der Waals surface area contributed by atoms with Crippen LogP contribution in [0, 0.1) is 0 Å². The van der Waals surface area contributed by atoms with Crippen molar-refractivity contribution in [3.63, 3.8) is 0 Å². The number of nitrogens with zero attached hydrogens (tertiary/aromatic N) is 1.